The molecule has 0 saturated carbocycles. The van der Waals surface area contributed by atoms with E-state index >= 15 is 0 Å². The molecule has 0 aromatic heterocycles. The van der Waals surface area contributed by atoms with Crippen LogP contribution in [0, 0.1) is 12.7 Å². The molecule has 2 aromatic rings. The van der Waals surface area contributed by atoms with Gasteiger partial charge in [0.15, 0.2) is 0 Å². The van der Waals surface area contributed by atoms with Crippen LogP contribution in [-0.4, -0.2) is 29.8 Å². The zero-order chi connectivity index (χ0) is 17.1. The number of nitrogens with zero attached hydrogens (tertiary/aromatic N) is 1. The number of nitrogens with one attached hydrogen (secondary N) is 1. The van der Waals surface area contributed by atoms with E-state index in [0.717, 1.165) is 16.7 Å². The van der Waals surface area contributed by atoms with E-state index in [2.05, 4.69) is 5.32 Å². The maximum absolute atomic E-state index is 13.0. The topological polar surface area (TPSA) is 49.4 Å². The van der Waals surface area contributed by atoms with Crippen molar-refractivity contribution >= 4 is 11.8 Å². The van der Waals surface area contributed by atoms with Gasteiger partial charge in [0.1, 0.15) is 11.9 Å². The fourth-order valence-corrected chi connectivity index (χ4v) is 3.02. The fourth-order valence-electron chi connectivity index (χ4n) is 3.02. The van der Waals surface area contributed by atoms with Crippen molar-refractivity contribution in [3.8, 4) is 0 Å². The average Bonchev–Trinajstić information content (AvgIpc) is 2.57. The van der Waals surface area contributed by atoms with Gasteiger partial charge >= 0.3 is 0 Å². The highest BCUT2D eigenvalue weighted by atomic mass is 19.1. The number of piperazine rings is 1. The van der Waals surface area contributed by atoms with Crippen molar-refractivity contribution in [2.24, 2.45) is 0 Å². The summed E-state index contributed by atoms with van der Waals surface area (Å²) in [7, 11) is 0. The largest absolute Gasteiger partial charge is 0.352 e. The molecule has 5 heteroatoms. The lowest BCUT2D eigenvalue weighted by atomic mass is 9.97. The molecule has 4 nitrogen and oxygen atoms in total. The van der Waals surface area contributed by atoms with Crippen molar-refractivity contribution in [2.75, 3.05) is 13.1 Å². The van der Waals surface area contributed by atoms with Gasteiger partial charge in [-0.05, 0) is 35.7 Å². The van der Waals surface area contributed by atoms with E-state index in [0.29, 0.717) is 13.1 Å². The van der Waals surface area contributed by atoms with E-state index in [1.165, 1.54) is 12.1 Å². The smallest absolute Gasteiger partial charge is 0.247 e. The number of benzene rings is 2. The van der Waals surface area contributed by atoms with E-state index in [9.17, 15) is 14.0 Å². The van der Waals surface area contributed by atoms with Crippen LogP contribution in [0.15, 0.2) is 48.5 Å². The van der Waals surface area contributed by atoms with Gasteiger partial charge in [-0.3, -0.25) is 9.59 Å². The van der Waals surface area contributed by atoms with Crippen molar-refractivity contribution in [1.82, 2.24) is 10.2 Å². The highest BCUT2D eigenvalue weighted by Crippen LogP contribution is 2.26. The maximum Gasteiger partial charge on any atom is 0.247 e. The van der Waals surface area contributed by atoms with Crippen LogP contribution in [0.1, 0.15) is 22.7 Å². The molecular formula is C19H19FN2O2. The lowest BCUT2D eigenvalue weighted by Crippen LogP contribution is -2.52. The maximum atomic E-state index is 13.0. The molecule has 1 heterocycles. The van der Waals surface area contributed by atoms with E-state index in [-0.39, 0.29) is 24.1 Å². The first-order valence-corrected chi connectivity index (χ1v) is 7.93. The third-order valence-electron chi connectivity index (χ3n) is 4.28. The van der Waals surface area contributed by atoms with Crippen LogP contribution >= 0.6 is 0 Å². The minimum absolute atomic E-state index is 0.135. The van der Waals surface area contributed by atoms with Crippen LogP contribution in [0.4, 0.5) is 4.39 Å². The van der Waals surface area contributed by atoms with E-state index in [1.807, 2.05) is 31.2 Å². The van der Waals surface area contributed by atoms with Gasteiger partial charge in [0, 0.05) is 13.1 Å². The third-order valence-corrected chi connectivity index (χ3v) is 4.28. The van der Waals surface area contributed by atoms with Crippen molar-refractivity contribution in [2.45, 2.75) is 19.4 Å². The Morgan fingerprint density at radius 2 is 1.92 bits per heavy atom. The molecule has 1 N–H and O–H groups in total. The van der Waals surface area contributed by atoms with Crippen LogP contribution in [0.3, 0.4) is 0 Å². The molecule has 1 unspecified atom stereocenters. The van der Waals surface area contributed by atoms with Crippen LogP contribution in [0.5, 0.6) is 0 Å². The number of carbonyl (C=O) groups is 2. The molecule has 24 heavy (non-hydrogen) atoms. The molecule has 2 aromatic carbocycles. The second-order valence-electron chi connectivity index (χ2n) is 5.94. The first-order valence-electron chi connectivity index (χ1n) is 7.93. The molecular weight excluding hydrogens is 307 g/mol. The van der Waals surface area contributed by atoms with E-state index in [4.69, 9.17) is 0 Å². The van der Waals surface area contributed by atoms with Crippen molar-refractivity contribution in [3.63, 3.8) is 0 Å². The zero-order valence-corrected chi connectivity index (χ0v) is 13.5. The number of hydrogen-bond acceptors (Lipinski definition) is 2. The minimum atomic E-state index is -0.618. The average molecular weight is 326 g/mol. The Kier molecular flexibility index (Phi) is 4.60. The molecule has 124 valence electrons. The van der Waals surface area contributed by atoms with Crippen LogP contribution in [-0.2, 0) is 16.0 Å². The first kappa shape index (κ1) is 16.2. The van der Waals surface area contributed by atoms with Gasteiger partial charge in [-0.2, -0.15) is 0 Å². The molecule has 1 atom stereocenters. The van der Waals surface area contributed by atoms with E-state index < -0.39 is 6.04 Å². The molecule has 2 amide bonds. The number of hydrogen-bond donors (Lipinski definition) is 1. The summed E-state index contributed by atoms with van der Waals surface area (Å²) in [4.78, 5) is 26.8. The molecule has 0 spiro atoms. The minimum Gasteiger partial charge on any atom is -0.352 e. The second-order valence-corrected chi connectivity index (χ2v) is 5.94. The lowest BCUT2D eigenvalue weighted by molar-refractivity contribution is -0.143. The number of aryl methyl sites for hydroxylation is 1. The summed E-state index contributed by atoms with van der Waals surface area (Å²) in [6.07, 6.45) is 0.149. The fraction of sp³-hybridized carbons (Fsp3) is 0.263. The highest BCUT2D eigenvalue weighted by Gasteiger charge is 2.34. The van der Waals surface area contributed by atoms with Gasteiger partial charge in [-0.15, -0.1) is 0 Å². The summed E-state index contributed by atoms with van der Waals surface area (Å²) < 4.78 is 13.0. The Hall–Kier alpha value is -2.69. The normalized spacial score (nSPS) is 17.5. The molecule has 1 aliphatic rings. The quantitative estimate of drug-likeness (QED) is 0.941. The summed E-state index contributed by atoms with van der Waals surface area (Å²) >= 11 is 0. The Morgan fingerprint density at radius 3 is 2.62 bits per heavy atom. The predicted octanol–water partition coefficient (Wildman–Crippen LogP) is 2.38. The summed E-state index contributed by atoms with van der Waals surface area (Å²) in [5, 5.41) is 2.83. The second kappa shape index (κ2) is 6.83. The monoisotopic (exact) mass is 326 g/mol. The Labute approximate surface area is 140 Å². The Bertz CT molecular complexity index is 758. The Balaban J connectivity index is 1.86. The standard InChI is InChI=1S/C19H19FN2O2/c1-13-4-2-3-5-16(13)18-19(24)21-10-11-22(18)17(23)12-14-6-8-15(20)9-7-14/h2-9,18H,10-12H2,1H3,(H,21,24). The lowest BCUT2D eigenvalue weighted by Gasteiger charge is -2.36. The van der Waals surface area contributed by atoms with Gasteiger partial charge in [0.05, 0.1) is 6.42 Å². The molecule has 3 rings (SSSR count). The molecule has 0 radical (unpaired) electrons. The van der Waals surface area contributed by atoms with Gasteiger partial charge in [-0.25, -0.2) is 4.39 Å². The SMILES string of the molecule is Cc1ccccc1C1C(=O)NCCN1C(=O)Cc1ccc(F)cc1. The number of halogens is 1. The number of carbonyl (C=O) groups excluding carboxylic acids is 2. The molecule has 1 saturated heterocycles. The molecule has 0 aliphatic carbocycles. The summed E-state index contributed by atoms with van der Waals surface area (Å²) in [5.74, 6) is -0.631. The van der Waals surface area contributed by atoms with Crippen LogP contribution < -0.4 is 5.32 Å². The van der Waals surface area contributed by atoms with Gasteiger partial charge in [-0.1, -0.05) is 36.4 Å². The zero-order valence-electron chi connectivity index (χ0n) is 13.5. The molecule has 1 fully saturated rings. The number of rotatable bonds is 3. The number of amides is 2. The summed E-state index contributed by atoms with van der Waals surface area (Å²) in [6, 6.07) is 12.8. The van der Waals surface area contributed by atoms with Crippen molar-refractivity contribution in [3.05, 3.63) is 71.0 Å². The summed E-state index contributed by atoms with van der Waals surface area (Å²) in [6.45, 7) is 2.83. The van der Waals surface area contributed by atoms with Crippen LogP contribution in [0.25, 0.3) is 0 Å². The Morgan fingerprint density at radius 1 is 1.21 bits per heavy atom. The highest BCUT2D eigenvalue weighted by molar-refractivity contribution is 5.90. The van der Waals surface area contributed by atoms with Crippen molar-refractivity contribution in [1.29, 1.82) is 0 Å². The predicted molar refractivity (Wildman–Crippen MR) is 88.7 cm³/mol. The molecule has 0 bridgehead atoms. The molecule has 1 aliphatic heterocycles. The first-order chi connectivity index (χ1) is 11.6. The third kappa shape index (κ3) is 3.30. The van der Waals surface area contributed by atoms with Gasteiger partial charge in [0.25, 0.3) is 0 Å². The van der Waals surface area contributed by atoms with Gasteiger partial charge < -0.3 is 10.2 Å². The van der Waals surface area contributed by atoms with Gasteiger partial charge in [0.2, 0.25) is 11.8 Å². The van der Waals surface area contributed by atoms with E-state index in [1.54, 1.807) is 17.0 Å². The van der Waals surface area contributed by atoms with Crippen LogP contribution in [0.2, 0.25) is 0 Å². The summed E-state index contributed by atoms with van der Waals surface area (Å²) in [5.41, 5.74) is 2.54. The van der Waals surface area contributed by atoms with Crippen molar-refractivity contribution < 1.29 is 14.0 Å².